The molecule has 6 heteroatoms. The molecule has 0 spiro atoms. The Morgan fingerprint density at radius 3 is 2.71 bits per heavy atom. The third-order valence-electron chi connectivity index (χ3n) is 3.14. The SMILES string of the molecule is CN=C(NCc1cc(C)oc1C)NC(C)c1cccs1.I. The van der Waals surface area contributed by atoms with Crippen LogP contribution in [0.15, 0.2) is 33.0 Å². The Morgan fingerprint density at radius 1 is 1.43 bits per heavy atom. The predicted octanol–water partition coefficient (Wildman–Crippen LogP) is 4.00. The van der Waals surface area contributed by atoms with Crippen LogP contribution in [0, 0.1) is 13.8 Å². The highest BCUT2D eigenvalue weighted by Gasteiger charge is 2.10. The number of nitrogens with one attached hydrogen (secondary N) is 2. The van der Waals surface area contributed by atoms with Gasteiger partial charge in [0.25, 0.3) is 0 Å². The Kier molecular flexibility index (Phi) is 7.24. The fourth-order valence-electron chi connectivity index (χ4n) is 2.05. The number of nitrogens with zero attached hydrogens (tertiary/aromatic N) is 1. The number of halogens is 1. The Hall–Kier alpha value is -1.02. The summed E-state index contributed by atoms with van der Waals surface area (Å²) in [5, 5.41) is 8.79. The van der Waals surface area contributed by atoms with Gasteiger partial charge in [0, 0.05) is 24.0 Å². The van der Waals surface area contributed by atoms with Gasteiger partial charge in [-0.15, -0.1) is 35.3 Å². The molecule has 0 bridgehead atoms. The number of hydrogen-bond acceptors (Lipinski definition) is 3. The van der Waals surface area contributed by atoms with Crippen LogP contribution in [-0.4, -0.2) is 13.0 Å². The zero-order chi connectivity index (χ0) is 14.5. The standard InChI is InChI=1S/C15H21N3OS.HI/c1-10-8-13(12(3)19-10)9-17-15(16-4)18-11(2)14-6-5-7-20-14;/h5-8,11H,9H2,1-4H3,(H2,16,17,18);1H. The molecule has 2 aromatic rings. The van der Waals surface area contributed by atoms with Gasteiger partial charge in [0.05, 0.1) is 6.04 Å². The van der Waals surface area contributed by atoms with Crippen molar-refractivity contribution in [2.24, 2.45) is 4.99 Å². The van der Waals surface area contributed by atoms with Gasteiger partial charge in [-0.3, -0.25) is 4.99 Å². The van der Waals surface area contributed by atoms with Crippen molar-refractivity contribution < 1.29 is 4.42 Å². The summed E-state index contributed by atoms with van der Waals surface area (Å²) in [6, 6.07) is 6.48. The lowest BCUT2D eigenvalue weighted by molar-refractivity contribution is 0.500. The van der Waals surface area contributed by atoms with Crippen molar-refractivity contribution in [3.8, 4) is 0 Å². The summed E-state index contributed by atoms with van der Waals surface area (Å²) in [5.41, 5.74) is 1.16. The van der Waals surface area contributed by atoms with Crippen molar-refractivity contribution in [2.75, 3.05) is 7.05 Å². The number of rotatable bonds is 4. The minimum Gasteiger partial charge on any atom is -0.466 e. The van der Waals surface area contributed by atoms with Gasteiger partial charge >= 0.3 is 0 Å². The second-order valence-electron chi connectivity index (χ2n) is 4.75. The second kappa shape index (κ2) is 8.43. The molecule has 0 aromatic carbocycles. The van der Waals surface area contributed by atoms with E-state index in [1.54, 1.807) is 18.4 Å². The van der Waals surface area contributed by atoms with Gasteiger partial charge < -0.3 is 15.1 Å². The van der Waals surface area contributed by atoms with E-state index >= 15 is 0 Å². The molecule has 1 unspecified atom stereocenters. The second-order valence-corrected chi connectivity index (χ2v) is 5.72. The molecule has 0 fully saturated rings. The first-order valence-electron chi connectivity index (χ1n) is 6.66. The van der Waals surface area contributed by atoms with E-state index in [-0.39, 0.29) is 30.0 Å². The van der Waals surface area contributed by atoms with Crippen LogP contribution in [-0.2, 0) is 6.54 Å². The topological polar surface area (TPSA) is 49.6 Å². The number of guanidine groups is 1. The van der Waals surface area contributed by atoms with Crippen LogP contribution in [0.25, 0.3) is 0 Å². The Labute approximate surface area is 147 Å². The monoisotopic (exact) mass is 419 g/mol. The molecule has 116 valence electrons. The van der Waals surface area contributed by atoms with Crippen LogP contribution < -0.4 is 10.6 Å². The van der Waals surface area contributed by atoms with Crippen molar-refractivity contribution in [1.82, 2.24) is 10.6 Å². The lowest BCUT2D eigenvalue weighted by atomic mass is 10.2. The van der Waals surface area contributed by atoms with Gasteiger partial charge in [0.1, 0.15) is 11.5 Å². The number of thiophene rings is 1. The Morgan fingerprint density at radius 2 is 2.19 bits per heavy atom. The zero-order valence-electron chi connectivity index (χ0n) is 12.8. The summed E-state index contributed by atoms with van der Waals surface area (Å²) in [6.45, 7) is 6.78. The van der Waals surface area contributed by atoms with E-state index in [0.29, 0.717) is 6.54 Å². The number of furan rings is 1. The van der Waals surface area contributed by atoms with Crippen molar-refractivity contribution in [3.63, 3.8) is 0 Å². The summed E-state index contributed by atoms with van der Waals surface area (Å²) in [5.74, 6) is 2.69. The maximum atomic E-state index is 5.52. The van der Waals surface area contributed by atoms with Crippen LogP contribution >= 0.6 is 35.3 Å². The summed E-state index contributed by atoms with van der Waals surface area (Å²) < 4.78 is 5.52. The van der Waals surface area contributed by atoms with Crippen LogP contribution in [0.1, 0.15) is 34.9 Å². The molecule has 2 N–H and O–H groups in total. The van der Waals surface area contributed by atoms with Crippen molar-refractivity contribution in [2.45, 2.75) is 33.4 Å². The van der Waals surface area contributed by atoms with E-state index in [0.717, 1.165) is 23.0 Å². The molecule has 2 rings (SSSR count). The molecule has 0 aliphatic carbocycles. The molecule has 2 aromatic heterocycles. The molecule has 0 amide bonds. The quantitative estimate of drug-likeness (QED) is 0.448. The Bertz CT molecular complexity index is 578. The smallest absolute Gasteiger partial charge is 0.191 e. The summed E-state index contributed by atoms with van der Waals surface area (Å²) >= 11 is 1.74. The van der Waals surface area contributed by atoms with Gasteiger partial charge in [-0.25, -0.2) is 0 Å². The average Bonchev–Trinajstić information content (AvgIpc) is 3.04. The van der Waals surface area contributed by atoms with Crippen LogP contribution in [0.2, 0.25) is 0 Å². The van der Waals surface area contributed by atoms with Gasteiger partial charge in [-0.05, 0) is 38.3 Å². The van der Waals surface area contributed by atoms with Crippen LogP contribution in [0.4, 0.5) is 0 Å². The first kappa shape index (κ1) is 18.0. The fourth-order valence-corrected chi connectivity index (χ4v) is 2.78. The fraction of sp³-hybridized carbons (Fsp3) is 0.400. The Balaban J connectivity index is 0.00000220. The highest BCUT2D eigenvalue weighted by atomic mass is 127. The van der Waals surface area contributed by atoms with E-state index in [2.05, 4.69) is 46.1 Å². The van der Waals surface area contributed by atoms with E-state index in [1.165, 1.54) is 4.88 Å². The molecule has 0 aliphatic rings. The molecule has 0 saturated carbocycles. The van der Waals surface area contributed by atoms with Crippen LogP contribution in [0.3, 0.4) is 0 Å². The van der Waals surface area contributed by atoms with Crippen molar-refractivity contribution in [1.29, 1.82) is 0 Å². The molecular formula is C15H22IN3OS. The first-order chi connectivity index (χ1) is 9.60. The molecule has 0 aliphatic heterocycles. The van der Waals surface area contributed by atoms with Gasteiger partial charge in [0.15, 0.2) is 5.96 Å². The third-order valence-corrected chi connectivity index (χ3v) is 4.19. The van der Waals surface area contributed by atoms with Gasteiger partial charge in [-0.2, -0.15) is 0 Å². The lowest BCUT2D eigenvalue weighted by Gasteiger charge is -2.16. The first-order valence-corrected chi connectivity index (χ1v) is 7.54. The molecular weight excluding hydrogens is 397 g/mol. The van der Waals surface area contributed by atoms with E-state index in [1.807, 2.05) is 13.8 Å². The predicted molar refractivity (Wildman–Crippen MR) is 99.7 cm³/mol. The summed E-state index contributed by atoms with van der Waals surface area (Å²) in [7, 11) is 1.78. The highest BCUT2D eigenvalue weighted by molar-refractivity contribution is 14.0. The molecule has 0 radical (unpaired) electrons. The van der Waals surface area contributed by atoms with E-state index < -0.39 is 0 Å². The summed E-state index contributed by atoms with van der Waals surface area (Å²) in [4.78, 5) is 5.55. The maximum absolute atomic E-state index is 5.52. The minimum absolute atomic E-state index is 0. The maximum Gasteiger partial charge on any atom is 0.191 e. The summed E-state index contributed by atoms with van der Waals surface area (Å²) in [6.07, 6.45) is 0. The molecule has 4 nitrogen and oxygen atoms in total. The highest BCUT2D eigenvalue weighted by Crippen LogP contribution is 2.18. The minimum atomic E-state index is 0. The number of aryl methyl sites for hydroxylation is 2. The van der Waals surface area contributed by atoms with Gasteiger partial charge in [-0.1, -0.05) is 6.07 Å². The van der Waals surface area contributed by atoms with Gasteiger partial charge in [0.2, 0.25) is 0 Å². The zero-order valence-corrected chi connectivity index (χ0v) is 15.9. The molecule has 1 atom stereocenters. The average molecular weight is 419 g/mol. The van der Waals surface area contributed by atoms with Crippen molar-refractivity contribution >= 4 is 41.3 Å². The molecule has 2 heterocycles. The van der Waals surface area contributed by atoms with Crippen molar-refractivity contribution in [3.05, 3.63) is 45.5 Å². The molecule has 21 heavy (non-hydrogen) atoms. The lowest BCUT2D eigenvalue weighted by Crippen LogP contribution is -2.38. The van der Waals surface area contributed by atoms with Crippen LogP contribution in [0.5, 0.6) is 0 Å². The number of hydrogen-bond donors (Lipinski definition) is 2. The largest absolute Gasteiger partial charge is 0.466 e. The third kappa shape index (κ3) is 5.03. The van der Waals surface area contributed by atoms with E-state index in [9.17, 15) is 0 Å². The van der Waals surface area contributed by atoms with E-state index in [4.69, 9.17) is 4.42 Å². The normalized spacial score (nSPS) is 12.7. The molecule has 0 saturated heterocycles. The number of aliphatic imine (C=N–C) groups is 1.